The normalized spacial score (nSPS) is 9.73. The predicted octanol–water partition coefficient (Wildman–Crippen LogP) is 1.42. The Hall–Kier alpha value is -1.71. The molecule has 0 fully saturated rings. The van der Waals surface area contributed by atoms with Gasteiger partial charge in [0.25, 0.3) is 0 Å². The number of nitrogens with two attached hydrogens (primary N) is 1. The van der Waals surface area contributed by atoms with Crippen LogP contribution in [0.25, 0.3) is 0 Å². The maximum atomic E-state index is 10.6. The molecule has 82 valence electrons. The van der Waals surface area contributed by atoms with Crippen LogP contribution in [0, 0.1) is 0 Å². The number of hydrogen-bond donors (Lipinski definition) is 2. The first-order chi connectivity index (χ1) is 7.13. The molecule has 0 heterocycles. The van der Waals surface area contributed by atoms with Gasteiger partial charge >= 0.3 is 5.97 Å². The second-order valence-corrected chi connectivity index (χ2v) is 3.25. The first-order valence-electron chi connectivity index (χ1n) is 4.83. The third kappa shape index (κ3) is 3.50. The molecule has 0 unspecified atom stereocenters. The molecular weight excluding hydrogens is 192 g/mol. The summed E-state index contributed by atoms with van der Waals surface area (Å²) in [4.78, 5) is 10.6. The van der Waals surface area contributed by atoms with E-state index < -0.39 is 0 Å². The molecule has 0 aliphatic rings. The molecule has 1 aromatic carbocycles. The van der Waals surface area contributed by atoms with Gasteiger partial charge in [-0.05, 0) is 17.7 Å². The van der Waals surface area contributed by atoms with Crippen LogP contribution in [-0.4, -0.2) is 19.6 Å². The van der Waals surface area contributed by atoms with Crippen LogP contribution in [0.3, 0.4) is 0 Å². The third-order valence-corrected chi connectivity index (χ3v) is 2.11. The molecule has 0 aromatic heterocycles. The van der Waals surface area contributed by atoms with Crippen molar-refractivity contribution in [2.24, 2.45) is 0 Å². The van der Waals surface area contributed by atoms with Gasteiger partial charge in [0.15, 0.2) is 0 Å². The minimum Gasteiger partial charge on any atom is -0.466 e. The lowest BCUT2D eigenvalue weighted by Gasteiger charge is -2.08. The van der Waals surface area contributed by atoms with E-state index in [2.05, 4.69) is 5.32 Å². The van der Waals surface area contributed by atoms with Gasteiger partial charge in [0.2, 0.25) is 0 Å². The van der Waals surface area contributed by atoms with Crippen LogP contribution in [-0.2, 0) is 16.0 Å². The van der Waals surface area contributed by atoms with Crippen LogP contribution in [0.4, 0.5) is 11.4 Å². The minimum atomic E-state index is -0.264. The number of ether oxygens (including phenoxy) is 1. The van der Waals surface area contributed by atoms with E-state index in [1.54, 1.807) is 0 Å². The molecule has 0 radical (unpaired) electrons. The predicted molar refractivity (Wildman–Crippen MR) is 60.7 cm³/mol. The van der Waals surface area contributed by atoms with Crippen LogP contribution in [0.15, 0.2) is 18.2 Å². The third-order valence-electron chi connectivity index (χ3n) is 2.11. The number of carbonyl (C=O) groups is 1. The fourth-order valence-electron chi connectivity index (χ4n) is 1.28. The molecule has 15 heavy (non-hydrogen) atoms. The number of nitrogen functional groups attached to an aromatic ring is 1. The van der Waals surface area contributed by atoms with E-state index in [0.29, 0.717) is 18.7 Å². The molecule has 0 aliphatic heterocycles. The van der Waals surface area contributed by atoms with E-state index in [0.717, 1.165) is 11.3 Å². The van der Waals surface area contributed by atoms with Crippen LogP contribution in [0.1, 0.15) is 12.5 Å². The van der Waals surface area contributed by atoms with Crippen molar-refractivity contribution in [3.8, 4) is 0 Å². The van der Waals surface area contributed by atoms with E-state index in [1.807, 2.05) is 25.2 Å². The Bertz CT molecular complexity index is 350. The summed E-state index contributed by atoms with van der Waals surface area (Å²) >= 11 is 0. The Kier molecular flexibility index (Phi) is 3.97. The molecule has 3 N–H and O–H groups in total. The lowest BCUT2D eigenvalue weighted by molar-refractivity contribution is -0.140. The summed E-state index contributed by atoms with van der Waals surface area (Å²) < 4.78 is 4.85. The zero-order valence-electron chi connectivity index (χ0n) is 9.04. The Morgan fingerprint density at radius 1 is 1.53 bits per heavy atom. The summed E-state index contributed by atoms with van der Waals surface area (Å²) in [6.45, 7) is 1.77. The molecular formula is C11H16N2O2. The van der Waals surface area contributed by atoms with E-state index in [-0.39, 0.29) is 5.97 Å². The largest absolute Gasteiger partial charge is 0.466 e. The van der Waals surface area contributed by atoms with Gasteiger partial charge in [-0.1, -0.05) is 6.07 Å². The Morgan fingerprint density at radius 2 is 2.27 bits per heavy atom. The molecule has 0 bridgehead atoms. The van der Waals surface area contributed by atoms with E-state index >= 15 is 0 Å². The molecule has 1 aromatic rings. The summed E-state index contributed by atoms with van der Waals surface area (Å²) in [5, 5.41) is 3.00. The van der Waals surface area contributed by atoms with E-state index in [4.69, 9.17) is 10.5 Å². The summed E-state index contributed by atoms with van der Waals surface area (Å²) in [5.74, 6) is -0.264. The maximum Gasteiger partial charge on any atom is 0.302 e. The monoisotopic (exact) mass is 208 g/mol. The van der Waals surface area contributed by atoms with Gasteiger partial charge in [0.05, 0.1) is 6.61 Å². The standard InChI is InChI=1S/C11H16N2O2/c1-8(14)15-6-5-9-3-4-10(13-2)7-11(9)12/h3-4,7,13H,5-6,12H2,1-2H3. The van der Waals surface area contributed by atoms with Crippen molar-refractivity contribution in [3.63, 3.8) is 0 Å². The Labute approximate surface area is 89.4 Å². The lowest BCUT2D eigenvalue weighted by atomic mass is 10.1. The van der Waals surface area contributed by atoms with Crippen molar-refractivity contribution in [1.82, 2.24) is 0 Å². The quantitative estimate of drug-likeness (QED) is 0.580. The molecule has 0 atom stereocenters. The zero-order chi connectivity index (χ0) is 11.3. The average molecular weight is 208 g/mol. The summed E-state index contributed by atoms with van der Waals surface area (Å²) in [7, 11) is 1.84. The second kappa shape index (κ2) is 5.24. The fourth-order valence-corrected chi connectivity index (χ4v) is 1.28. The molecule has 0 amide bonds. The van der Waals surface area contributed by atoms with Crippen molar-refractivity contribution < 1.29 is 9.53 Å². The van der Waals surface area contributed by atoms with Crippen molar-refractivity contribution in [1.29, 1.82) is 0 Å². The summed E-state index contributed by atoms with van der Waals surface area (Å²) in [6, 6.07) is 5.74. The number of benzene rings is 1. The molecule has 0 saturated heterocycles. The van der Waals surface area contributed by atoms with E-state index in [1.165, 1.54) is 6.92 Å². The molecule has 0 aliphatic carbocycles. The van der Waals surface area contributed by atoms with Crippen molar-refractivity contribution in [2.75, 3.05) is 24.7 Å². The number of esters is 1. The number of nitrogens with one attached hydrogen (secondary N) is 1. The Morgan fingerprint density at radius 3 is 2.80 bits per heavy atom. The molecule has 0 saturated carbocycles. The zero-order valence-corrected chi connectivity index (χ0v) is 9.04. The van der Waals surface area contributed by atoms with Crippen LogP contribution < -0.4 is 11.1 Å². The number of rotatable bonds is 4. The topological polar surface area (TPSA) is 64.3 Å². The lowest BCUT2D eigenvalue weighted by Crippen LogP contribution is -2.05. The molecule has 0 spiro atoms. The molecule has 1 rings (SSSR count). The summed E-state index contributed by atoms with van der Waals surface area (Å²) in [6.07, 6.45) is 0.648. The first-order valence-corrected chi connectivity index (χ1v) is 4.83. The molecule has 4 nitrogen and oxygen atoms in total. The summed E-state index contributed by atoms with van der Waals surface area (Å²) in [5.41, 5.74) is 8.52. The highest BCUT2D eigenvalue weighted by atomic mass is 16.5. The van der Waals surface area contributed by atoms with Gasteiger partial charge < -0.3 is 15.8 Å². The number of hydrogen-bond acceptors (Lipinski definition) is 4. The second-order valence-electron chi connectivity index (χ2n) is 3.25. The average Bonchev–Trinajstić information content (AvgIpc) is 2.20. The van der Waals surface area contributed by atoms with Crippen molar-refractivity contribution >= 4 is 17.3 Å². The maximum absolute atomic E-state index is 10.6. The SMILES string of the molecule is CNc1ccc(CCOC(C)=O)c(N)c1. The van der Waals surface area contributed by atoms with Crippen molar-refractivity contribution in [3.05, 3.63) is 23.8 Å². The van der Waals surface area contributed by atoms with Gasteiger partial charge in [0, 0.05) is 31.8 Å². The van der Waals surface area contributed by atoms with Crippen LogP contribution in [0.2, 0.25) is 0 Å². The number of carbonyl (C=O) groups excluding carboxylic acids is 1. The number of anilines is 2. The van der Waals surface area contributed by atoms with Gasteiger partial charge in [-0.2, -0.15) is 0 Å². The smallest absolute Gasteiger partial charge is 0.302 e. The van der Waals surface area contributed by atoms with E-state index in [9.17, 15) is 4.79 Å². The molecule has 4 heteroatoms. The fraction of sp³-hybridized carbons (Fsp3) is 0.364. The van der Waals surface area contributed by atoms with Crippen LogP contribution >= 0.6 is 0 Å². The van der Waals surface area contributed by atoms with Crippen LogP contribution in [0.5, 0.6) is 0 Å². The Balaban J connectivity index is 2.58. The van der Waals surface area contributed by atoms with Gasteiger partial charge in [-0.3, -0.25) is 4.79 Å². The highest BCUT2D eigenvalue weighted by molar-refractivity contribution is 5.66. The highest BCUT2D eigenvalue weighted by Crippen LogP contribution is 2.17. The van der Waals surface area contributed by atoms with Gasteiger partial charge in [-0.15, -0.1) is 0 Å². The van der Waals surface area contributed by atoms with Gasteiger partial charge in [0.1, 0.15) is 0 Å². The highest BCUT2D eigenvalue weighted by Gasteiger charge is 2.01. The van der Waals surface area contributed by atoms with Gasteiger partial charge in [-0.25, -0.2) is 0 Å². The minimum absolute atomic E-state index is 0.264. The van der Waals surface area contributed by atoms with Crippen molar-refractivity contribution in [2.45, 2.75) is 13.3 Å². The first kappa shape index (κ1) is 11.4.